The molecule has 2 aliphatic heterocycles. The van der Waals surface area contributed by atoms with Gasteiger partial charge in [-0.05, 0) is 39.0 Å². The molecule has 2 heterocycles. The first kappa shape index (κ1) is 10.3. The Hall–Kier alpha value is -0.610. The number of hydrogen-bond acceptors (Lipinski definition) is 3. The fourth-order valence-electron chi connectivity index (χ4n) is 5.27. The fourth-order valence-corrected chi connectivity index (χ4v) is 5.27. The van der Waals surface area contributed by atoms with Gasteiger partial charge >= 0.3 is 0 Å². The van der Waals surface area contributed by atoms with Crippen LogP contribution in [0.15, 0.2) is 0 Å². The predicted molar refractivity (Wildman–Crippen MR) is 59.8 cm³/mol. The third kappa shape index (κ3) is 0.868. The first-order chi connectivity index (χ1) is 7.97. The maximum atomic E-state index is 12.5. The van der Waals surface area contributed by atoms with Gasteiger partial charge in [0.05, 0.1) is 18.1 Å². The molecule has 94 valence electrons. The van der Waals surface area contributed by atoms with Crippen molar-refractivity contribution in [2.75, 3.05) is 0 Å². The molecule has 0 aromatic carbocycles. The molecule has 0 radical (unpaired) electrons. The van der Waals surface area contributed by atoms with Crippen molar-refractivity contribution < 1.29 is 14.6 Å². The minimum absolute atomic E-state index is 0.0150. The second-order valence-electron chi connectivity index (χ2n) is 6.54. The third-order valence-electron chi connectivity index (χ3n) is 5.56. The molecule has 17 heavy (non-hydrogen) atoms. The van der Waals surface area contributed by atoms with E-state index in [0.717, 1.165) is 6.42 Å². The van der Waals surface area contributed by atoms with E-state index in [0.29, 0.717) is 11.8 Å². The highest BCUT2D eigenvalue weighted by Crippen LogP contribution is 2.67. The van der Waals surface area contributed by atoms with Gasteiger partial charge in [0.25, 0.3) is 0 Å². The highest BCUT2D eigenvalue weighted by Gasteiger charge is 2.77. The lowest BCUT2D eigenvalue weighted by Gasteiger charge is -2.38. The number of hydrogen-bond donors (Lipinski definition) is 1. The lowest BCUT2D eigenvalue weighted by Crippen LogP contribution is -2.52. The zero-order valence-electron chi connectivity index (χ0n) is 10.5. The molecular weight excluding hydrogens is 218 g/mol. The minimum Gasteiger partial charge on any atom is -0.390 e. The summed E-state index contributed by atoms with van der Waals surface area (Å²) in [7, 11) is 0. The van der Waals surface area contributed by atoms with Gasteiger partial charge in [0, 0.05) is 12.0 Å². The summed E-state index contributed by atoms with van der Waals surface area (Å²) >= 11 is 0. The first-order valence-corrected chi connectivity index (χ1v) is 6.66. The Labute approximate surface area is 101 Å². The van der Waals surface area contributed by atoms with Crippen LogP contribution in [0, 0.1) is 23.7 Å². The summed E-state index contributed by atoms with van der Waals surface area (Å²) in [6, 6.07) is 0.174. The summed E-state index contributed by atoms with van der Waals surface area (Å²) < 4.78 is 6.13. The summed E-state index contributed by atoms with van der Waals surface area (Å²) in [6.45, 7) is 6.13. The van der Waals surface area contributed by atoms with Crippen molar-refractivity contribution in [3.05, 3.63) is 0 Å². The summed E-state index contributed by atoms with van der Waals surface area (Å²) in [5.74, 6) is 1.08. The van der Waals surface area contributed by atoms with Crippen LogP contribution in [0.5, 0.6) is 0 Å². The molecule has 7 atom stereocenters. The van der Waals surface area contributed by atoms with Gasteiger partial charge in [-0.2, -0.15) is 0 Å². The average molecular weight is 237 g/mol. The van der Waals surface area contributed by atoms with Crippen LogP contribution < -0.4 is 0 Å². The normalized spacial score (nSPS) is 58.9. The van der Waals surface area contributed by atoms with E-state index >= 15 is 0 Å². The molecule has 4 nitrogen and oxygen atoms in total. The third-order valence-corrected chi connectivity index (χ3v) is 5.56. The summed E-state index contributed by atoms with van der Waals surface area (Å²) in [5, 5.41) is 10.2. The molecule has 2 saturated heterocycles. The maximum absolute atomic E-state index is 12.5. The lowest BCUT2D eigenvalue weighted by molar-refractivity contribution is -0.177. The van der Waals surface area contributed by atoms with Crippen LogP contribution in [0.2, 0.25) is 0 Å². The molecule has 1 N–H and O–H groups in total. The smallest absolute Gasteiger partial charge is 0.229 e. The van der Waals surface area contributed by atoms with Crippen LogP contribution in [-0.4, -0.2) is 39.9 Å². The molecule has 4 aliphatic rings. The van der Waals surface area contributed by atoms with Crippen LogP contribution in [0.25, 0.3) is 0 Å². The molecule has 7 unspecified atom stereocenters. The van der Waals surface area contributed by atoms with E-state index in [-0.39, 0.29) is 29.9 Å². The van der Waals surface area contributed by atoms with Crippen LogP contribution in [0.3, 0.4) is 0 Å². The van der Waals surface area contributed by atoms with Gasteiger partial charge in [-0.15, -0.1) is 0 Å². The number of nitrogens with zero attached hydrogens (tertiary/aromatic N) is 1. The van der Waals surface area contributed by atoms with E-state index in [1.54, 1.807) is 0 Å². The molecule has 4 fully saturated rings. The molecule has 4 rings (SSSR count). The molecule has 2 saturated carbocycles. The molecular formula is C13H19NO3. The van der Waals surface area contributed by atoms with Gasteiger partial charge in [0.2, 0.25) is 5.91 Å². The highest BCUT2D eigenvalue weighted by atomic mass is 16.6. The Balaban J connectivity index is 1.86. The zero-order valence-corrected chi connectivity index (χ0v) is 10.5. The van der Waals surface area contributed by atoms with E-state index < -0.39 is 11.8 Å². The zero-order chi connectivity index (χ0) is 12.1. The Morgan fingerprint density at radius 3 is 2.82 bits per heavy atom. The monoisotopic (exact) mass is 237 g/mol. The van der Waals surface area contributed by atoms with Gasteiger partial charge in [-0.3, -0.25) is 4.79 Å². The number of amides is 1. The van der Waals surface area contributed by atoms with Crippen molar-refractivity contribution in [3.8, 4) is 0 Å². The Kier molecular flexibility index (Phi) is 1.64. The van der Waals surface area contributed by atoms with Gasteiger partial charge in [-0.25, -0.2) is 0 Å². The van der Waals surface area contributed by atoms with Crippen LogP contribution in [0.4, 0.5) is 0 Å². The van der Waals surface area contributed by atoms with E-state index in [4.69, 9.17) is 4.74 Å². The fraction of sp³-hybridized carbons (Fsp3) is 0.923. The molecule has 2 aliphatic carbocycles. The number of carbonyl (C=O) groups is 1. The number of rotatable bonds is 1. The van der Waals surface area contributed by atoms with Crippen molar-refractivity contribution in [2.24, 2.45) is 23.7 Å². The van der Waals surface area contributed by atoms with Crippen LogP contribution >= 0.6 is 0 Å². The first-order valence-electron chi connectivity index (χ1n) is 6.66. The molecule has 2 bridgehead atoms. The minimum atomic E-state index is -0.461. The van der Waals surface area contributed by atoms with Gasteiger partial charge in [0.15, 0.2) is 0 Å². The summed E-state index contributed by atoms with van der Waals surface area (Å²) in [6.07, 6.45) is 0.538. The average Bonchev–Trinajstić information content (AvgIpc) is 2.84. The second kappa shape index (κ2) is 2.69. The van der Waals surface area contributed by atoms with Gasteiger partial charge < -0.3 is 14.7 Å². The SMILES string of the molecule is CC(C)N1C(=O)C2C3CC4C(OC1(C)C42)C3O. The molecule has 0 spiro atoms. The number of fused-ring (bicyclic) bond motifs is 2. The lowest BCUT2D eigenvalue weighted by atomic mass is 9.77. The Bertz CT molecular complexity index is 409. The predicted octanol–water partition coefficient (Wildman–Crippen LogP) is 0.595. The number of ether oxygens (including phenoxy) is 1. The number of carbonyl (C=O) groups excluding carboxylic acids is 1. The van der Waals surface area contributed by atoms with Gasteiger partial charge in [-0.1, -0.05) is 0 Å². The second-order valence-corrected chi connectivity index (χ2v) is 6.54. The topological polar surface area (TPSA) is 49.8 Å². The van der Waals surface area contributed by atoms with Crippen LogP contribution in [-0.2, 0) is 9.53 Å². The number of aliphatic hydroxyl groups excluding tert-OH is 1. The van der Waals surface area contributed by atoms with Crippen molar-refractivity contribution in [1.82, 2.24) is 4.90 Å². The van der Waals surface area contributed by atoms with E-state index in [2.05, 4.69) is 0 Å². The Morgan fingerprint density at radius 2 is 2.18 bits per heavy atom. The molecule has 0 aromatic rings. The van der Waals surface area contributed by atoms with Crippen molar-refractivity contribution >= 4 is 5.91 Å². The van der Waals surface area contributed by atoms with E-state index in [1.165, 1.54) is 0 Å². The molecule has 4 heteroatoms. The Morgan fingerprint density at radius 1 is 1.47 bits per heavy atom. The van der Waals surface area contributed by atoms with E-state index in [1.807, 2.05) is 25.7 Å². The summed E-state index contributed by atoms with van der Waals surface area (Å²) in [5.41, 5.74) is -0.461. The number of likely N-dealkylation sites (tertiary alicyclic amines) is 1. The van der Waals surface area contributed by atoms with Gasteiger partial charge in [0.1, 0.15) is 5.72 Å². The maximum Gasteiger partial charge on any atom is 0.229 e. The molecule has 1 amide bonds. The van der Waals surface area contributed by atoms with Crippen molar-refractivity contribution in [2.45, 2.75) is 51.2 Å². The largest absolute Gasteiger partial charge is 0.390 e. The summed E-state index contributed by atoms with van der Waals surface area (Å²) in [4.78, 5) is 14.5. The van der Waals surface area contributed by atoms with Crippen molar-refractivity contribution in [1.29, 1.82) is 0 Å². The highest BCUT2D eigenvalue weighted by molar-refractivity contribution is 5.84. The standard InChI is InChI=1S/C13H19NO3/c1-5(2)14-12(16)8-6-4-7-9(8)13(14,3)17-11(7)10(6)15/h5-11,15H,4H2,1-3H3. The van der Waals surface area contributed by atoms with E-state index in [9.17, 15) is 9.90 Å². The van der Waals surface area contributed by atoms with Crippen molar-refractivity contribution in [3.63, 3.8) is 0 Å². The quantitative estimate of drug-likeness (QED) is 0.726. The number of aliphatic hydroxyl groups is 1. The molecule has 0 aromatic heterocycles. The van der Waals surface area contributed by atoms with Crippen LogP contribution in [0.1, 0.15) is 27.2 Å².